The molecule has 0 bridgehead atoms. The lowest BCUT2D eigenvalue weighted by atomic mass is 10.2. The molecule has 5 heteroatoms. The fourth-order valence-corrected chi connectivity index (χ4v) is 1.37. The Morgan fingerprint density at radius 1 is 1.07 bits per heavy atom. The van der Waals surface area contributed by atoms with Crippen LogP contribution in [0, 0.1) is 0 Å². The van der Waals surface area contributed by atoms with Gasteiger partial charge in [0.25, 0.3) is 5.89 Å². The zero-order valence-electron chi connectivity index (χ0n) is 7.66. The van der Waals surface area contributed by atoms with Crippen LogP contribution in [-0.4, -0.2) is 20.1 Å². The van der Waals surface area contributed by atoms with Crippen molar-refractivity contribution in [3.63, 3.8) is 0 Å². The van der Waals surface area contributed by atoms with Crippen molar-refractivity contribution in [3.8, 4) is 11.5 Å². The van der Waals surface area contributed by atoms with Gasteiger partial charge in [0.2, 0.25) is 0 Å². The van der Waals surface area contributed by atoms with Gasteiger partial charge in [-0.3, -0.25) is 9.97 Å². The molecule has 0 N–H and O–H groups in total. The molecule has 0 unspecified atom stereocenters. The fraction of sp³-hybridized carbons (Fsp3) is 0. The fourth-order valence-electron chi connectivity index (χ4n) is 1.37. The highest BCUT2D eigenvalue weighted by Crippen LogP contribution is 2.18. The predicted octanol–water partition coefficient (Wildman–Crippen LogP) is 1.68. The van der Waals surface area contributed by atoms with Crippen molar-refractivity contribution >= 4 is 11.0 Å². The number of hydrogen-bond donors (Lipinski definition) is 0. The van der Waals surface area contributed by atoms with Gasteiger partial charge in [-0.25, -0.2) is 0 Å². The maximum Gasteiger partial charge on any atom is 0.259 e. The third kappa shape index (κ3) is 1.34. The summed E-state index contributed by atoms with van der Waals surface area (Å²) >= 11 is 0. The molecule has 15 heavy (non-hydrogen) atoms. The van der Waals surface area contributed by atoms with Crippen molar-refractivity contribution in [3.05, 3.63) is 36.9 Å². The Hall–Kier alpha value is -2.30. The third-order valence-electron chi connectivity index (χ3n) is 2.06. The Balaban J connectivity index is 2.22. The van der Waals surface area contributed by atoms with Gasteiger partial charge in [0.1, 0.15) is 0 Å². The third-order valence-corrected chi connectivity index (χ3v) is 2.06. The summed E-state index contributed by atoms with van der Waals surface area (Å²) in [5, 5.41) is 3.54. The van der Waals surface area contributed by atoms with Gasteiger partial charge in [0, 0.05) is 12.4 Å². The minimum atomic E-state index is 0.454. The molecule has 0 aliphatic carbocycles. The molecule has 0 saturated heterocycles. The van der Waals surface area contributed by atoms with Crippen LogP contribution in [0.3, 0.4) is 0 Å². The van der Waals surface area contributed by atoms with Crippen molar-refractivity contribution in [1.82, 2.24) is 20.1 Å². The Bertz CT molecular complexity index is 591. The van der Waals surface area contributed by atoms with E-state index >= 15 is 0 Å². The molecule has 0 radical (unpaired) electrons. The van der Waals surface area contributed by atoms with Gasteiger partial charge < -0.3 is 4.52 Å². The van der Waals surface area contributed by atoms with E-state index in [2.05, 4.69) is 20.1 Å². The molecule has 72 valence electrons. The number of pyridine rings is 2. The van der Waals surface area contributed by atoms with E-state index in [0.717, 1.165) is 16.6 Å². The van der Waals surface area contributed by atoms with Crippen LogP contribution in [0.4, 0.5) is 0 Å². The molecular weight excluding hydrogens is 192 g/mol. The van der Waals surface area contributed by atoms with Crippen LogP contribution in [0.25, 0.3) is 22.5 Å². The van der Waals surface area contributed by atoms with Crippen molar-refractivity contribution in [2.75, 3.05) is 0 Å². The number of nitrogens with zero attached hydrogens (tertiary/aromatic N) is 4. The molecule has 3 rings (SSSR count). The standard InChI is InChI=1S/C10H6N4O/c1-2-8-9(11-3-1)4-7(5-12-8)10-13-6-14-15-10/h1-6H. The Kier molecular flexibility index (Phi) is 1.68. The lowest BCUT2D eigenvalue weighted by molar-refractivity contribution is 0.430. The van der Waals surface area contributed by atoms with E-state index in [1.165, 1.54) is 6.33 Å². The minimum Gasteiger partial charge on any atom is -0.334 e. The molecule has 3 heterocycles. The van der Waals surface area contributed by atoms with Gasteiger partial charge in [0.15, 0.2) is 6.33 Å². The van der Waals surface area contributed by atoms with Crippen LogP contribution in [0.5, 0.6) is 0 Å². The van der Waals surface area contributed by atoms with Gasteiger partial charge in [-0.05, 0) is 18.2 Å². The smallest absolute Gasteiger partial charge is 0.259 e. The van der Waals surface area contributed by atoms with Crippen LogP contribution < -0.4 is 0 Å². The quantitative estimate of drug-likeness (QED) is 0.595. The van der Waals surface area contributed by atoms with E-state index in [1.807, 2.05) is 18.2 Å². The van der Waals surface area contributed by atoms with Crippen molar-refractivity contribution in [2.45, 2.75) is 0 Å². The Morgan fingerprint density at radius 2 is 2.07 bits per heavy atom. The topological polar surface area (TPSA) is 64.7 Å². The summed E-state index contributed by atoms with van der Waals surface area (Å²) < 4.78 is 4.94. The molecule has 3 aromatic heterocycles. The van der Waals surface area contributed by atoms with E-state index in [-0.39, 0.29) is 0 Å². The first-order valence-corrected chi connectivity index (χ1v) is 4.41. The summed E-state index contributed by atoms with van der Waals surface area (Å²) in [6, 6.07) is 5.62. The Morgan fingerprint density at radius 3 is 2.93 bits per heavy atom. The molecule has 5 nitrogen and oxygen atoms in total. The largest absolute Gasteiger partial charge is 0.334 e. The predicted molar refractivity (Wildman–Crippen MR) is 52.8 cm³/mol. The zero-order chi connectivity index (χ0) is 10.1. The van der Waals surface area contributed by atoms with Crippen molar-refractivity contribution in [1.29, 1.82) is 0 Å². The molecule has 0 aromatic carbocycles. The molecule has 0 spiro atoms. The molecule has 0 atom stereocenters. The van der Waals surface area contributed by atoms with E-state index in [1.54, 1.807) is 12.4 Å². The van der Waals surface area contributed by atoms with Gasteiger partial charge in [0.05, 0.1) is 16.6 Å². The molecule has 0 aliphatic heterocycles. The molecule has 0 saturated carbocycles. The first kappa shape index (κ1) is 8.05. The monoisotopic (exact) mass is 198 g/mol. The molecule has 0 aliphatic rings. The molecule has 3 aromatic rings. The second kappa shape index (κ2) is 3.13. The maximum absolute atomic E-state index is 4.94. The maximum atomic E-state index is 4.94. The SMILES string of the molecule is c1cnc2cc(-c3ncno3)cnc2c1. The number of hydrogen-bond acceptors (Lipinski definition) is 5. The number of fused-ring (bicyclic) bond motifs is 1. The lowest BCUT2D eigenvalue weighted by Gasteiger charge is -1.97. The van der Waals surface area contributed by atoms with E-state index in [9.17, 15) is 0 Å². The van der Waals surface area contributed by atoms with Crippen LogP contribution in [-0.2, 0) is 0 Å². The number of rotatable bonds is 1. The van der Waals surface area contributed by atoms with E-state index < -0.39 is 0 Å². The van der Waals surface area contributed by atoms with E-state index in [4.69, 9.17) is 4.52 Å². The molecular formula is C10H6N4O. The van der Waals surface area contributed by atoms with Gasteiger partial charge in [-0.1, -0.05) is 5.16 Å². The van der Waals surface area contributed by atoms with Gasteiger partial charge in [-0.2, -0.15) is 4.98 Å². The highest BCUT2D eigenvalue weighted by Gasteiger charge is 2.05. The summed E-state index contributed by atoms with van der Waals surface area (Å²) in [4.78, 5) is 12.4. The summed E-state index contributed by atoms with van der Waals surface area (Å²) in [6.07, 6.45) is 4.77. The van der Waals surface area contributed by atoms with Gasteiger partial charge in [-0.15, -0.1) is 0 Å². The van der Waals surface area contributed by atoms with Crippen molar-refractivity contribution < 1.29 is 4.52 Å². The van der Waals surface area contributed by atoms with Gasteiger partial charge >= 0.3 is 0 Å². The normalized spacial score (nSPS) is 10.7. The average Bonchev–Trinajstić information content (AvgIpc) is 2.82. The summed E-state index contributed by atoms with van der Waals surface area (Å²) in [5.41, 5.74) is 2.44. The summed E-state index contributed by atoms with van der Waals surface area (Å²) in [6.45, 7) is 0. The van der Waals surface area contributed by atoms with Crippen LogP contribution in [0.15, 0.2) is 41.4 Å². The first-order chi connectivity index (χ1) is 7.43. The number of aromatic nitrogens is 4. The van der Waals surface area contributed by atoms with Crippen molar-refractivity contribution in [2.24, 2.45) is 0 Å². The second-order valence-corrected chi connectivity index (χ2v) is 3.01. The highest BCUT2D eigenvalue weighted by molar-refractivity contribution is 5.77. The first-order valence-electron chi connectivity index (χ1n) is 4.41. The summed E-state index contributed by atoms with van der Waals surface area (Å²) in [7, 11) is 0. The summed E-state index contributed by atoms with van der Waals surface area (Å²) in [5.74, 6) is 0.454. The Labute approximate surface area is 84.8 Å². The minimum absolute atomic E-state index is 0.454. The van der Waals surface area contributed by atoms with E-state index in [0.29, 0.717) is 5.89 Å². The zero-order valence-corrected chi connectivity index (χ0v) is 7.66. The molecule has 0 amide bonds. The van der Waals surface area contributed by atoms with Crippen LogP contribution in [0.2, 0.25) is 0 Å². The van der Waals surface area contributed by atoms with Crippen LogP contribution >= 0.6 is 0 Å². The highest BCUT2D eigenvalue weighted by atomic mass is 16.5. The van der Waals surface area contributed by atoms with Crippen LogP contribution in [0.1, 0.15) is 0 Å². The lowest BCUT2D eigenvalue weighted by Crippen LogP contribution is -1.84. The molecule has 0 fully saturated rings. The average molecular weight is 198 g/mol. The second-order valence-electron chi connectivity index (χ2n) is 3.01.